The molecule has 0 unspecified atom stereocenters. The molecule has 2 heterocycles. The molecule has 0 fully saturated rings. The number of imidazole rings is 1. The van der Waals surface area contributed by atoms with Gasteiger partial charge in [0.25, 0.3) is 4.96 Å². The summed E-state index contributed by atoms with van der Waals surface area (Å²) in [4.78, 5) is 15.3. The fourth-order valence-corrected chi connectivity index (χ4v) is 2.35. The van der Waals surface area contributed by atoms with E-state index in [1.807, 2.05) is 6.26 Å². The van der Waals surface area contributed by atoms with Gasteiger partial charge in [0, 0.05) is 17.7 Å². The molecule has 8 heteroatoms. The van der Waals surface area contributed by atoms with Gasteiger partial charge in [0.1, 0.15) is 6.20 Å². The van der Waals surface area contributed by atoms with Crippen molar-refractivity contribution in [1.82, 2.24) is 9.38 Å². The normalized spacial score (nSPS) is 10.8. The first-order valence-corrected chi connectivity index (χ1v) is 6.84. The molecule has 0 aromatic carbocycles. The molecule has 0 aliphatic heterocycles. The van der Waals surface area contributed by atoms with Crippen LogP contribution in [-0.2, 0) is 0 Å². The zero-order valence-electron chi connectivity index (χ0n) is 8.54. The first-order chi connectivity index (χ1) is 7.74. The van der Waals surface area contributed by atoms with E-state index < -0.39 is 4.92 Å². The van der Waals surface area contributed by atoms with E-state index in [1.165, 1.54) is 15.7 Å². The van der Waals surface area contributed by atoms with Crippen molar-refractivity contribution in [2.45, 2.75) is 0 Å². The summed E-state index contributed by atoms with van der Waals surface area (Å²) in [7, 11) is 0. The van der Waals surface area contributed by atoms with Crippen LogP contribution in [0.25, 0.3) is 4.96 Å². The van der Waals surface area contributed by atoms with Crippen molar-refractivity contribution in [1.29, 1.82) is 0 Å². The Morgan fingerprint density at radius 2 is 2.56 bits per heavy atom. The van der Waals surface area contributed by atoms with Crippen molar-refractivity contribution in [2.75, 3.05) is 23.9 Å². The average molecular weight is 258 g/mol. The molecule has 0 amide bonds. The highest BCUT2D eigenvalue weighted by molar-refractivity contribution is 7.98. The minimum Gasteiger partial charge on any atom is -0.362 e. The molecule has 0 bridgehead atoms. The molecule has 2 aromatic heterocycles. The third-order valence-corrected chi connectivity index (χ3v) is 3.38. The molecule has 0 aliphatic rings. The Morgan fingerprint density at radius 1 is 1.75 bits per heavy atom. The molecule has 0 spiro atoms. The lowest BCUT2D eigenvalue weighted by atomic mass is 10.6. The summed E-state index contributed by atoms with van der Waals surface area (Å²) >= 11 is 3.06. The molecule has 86 valence electrons. The smallest absolute Gasteiger partial charge is 0.362 e. The molecule has 2 aromatic rings. The quantitative estimate of drug-likeness (QED) is 0.505. The van der Waals surface area contributed by atoms with E-state index in [2.05, 4.69) is 10.3 Å². The lowest BCUT2D eigenvalue weighted by Gasteiger charge is -2.00. The van der Waals surface area contributed by atoms with Crippen LogP contribution in [0.1, 0.15) is 0 Å². The van der Waals surface area contributed by atoms with Crippen LogP contribution in [0.15, 0.2) is 11.6 Å². The van der Waals surface area contributed by atoms with Crippen LogP contribution in [0, 0.1) is 10.1 Å². The minimum atomic E-state index is -0.409. The standard InChI is InChI=1S/C8H10N4O2S2/c1-15-4-2-9-6-7(12(13)14)11-3-5-16-8(11)10-6/h3,5,9H,2,4H2,1H3. The molecule has 16 heavy (non-hydrogen) atoms. The van der Waals surface area contributed by atoms with E-state index >= 15 is 0 Å². The molecule has 0 saturated carbocycles. The molecule has 2 rings (SSSR count). The number of thiazole rings is 1. The van der Waals surface area contributed by atoms with Gasteiger partial charge in [-0.15, -0.1) is 0 Å². The third kappa shape index (κ3) is 1.98. The van der Waals surface area contributed by atoms with Gasteiger partial charge in [0.2, 0.25) is 5.82 Å². The minimum absolute atomic E-state index is 0.0114. The molecular weight excluding hydrogens is 248 g/mol. The second-order valence-corrected chi connectivity index (χ2v) is 4.87. The number of rotatable bonds is 5. The summed E-state index contributed by atoms with van der Waals surface area (Å²) in [5, 5.41) is 15.7. The van der Waals surface area contributed by atoms with E-state index in [9.17, 15) is 10.1 Å². The second-order valence-electron chi connectivity index (χ2n) is 3.02. The molecule has 0 radical (unpaired) electrons. The number of hydrogen-bond donors (Lipinski definition) is 1. The molecule has 0 aliphatic carbocycles. The zero-order valence-corrected chi connectivity index (χ0v) is 10.2. The lowest BCUT2D eigenvalue weighted by molar-refractivity contribution is -0.389. The lowest BCUT2D eigenvalue weighted by Crippen LogP contribution is -2.06. The number of fused-ring (bicyclic) bond motifs is 1. The number of hydrogen-bond acceptors (Lipinski definition) is 6. The van der Waals surface area contributed by atoms with E-state index in [1.54, 1.807) is 23.3 Å². The Bertz CT molecular complexity index is 507. The van der Waals surface area contributed by atoms with Crippen molar-refractivity contribution in [3.05, 3.63) is 21.7 Å². The predicted octanol–water partition coefficient (Wildman–Crippen LogP) is 2.08. The molecule has 6 nitrogen and oxygen atoms in total. The number of nitro groups is 1. The summed E-state index contributed by atoms with van der Waals surface area (Å²) in [6.45, 7) is 0.673. The monoisotopic (exact) mass is 258 g/mol. The third-order valence-electron chi connectivity index (χ3n) is 2.01. The Hall–Kier alpha value is -1.28. The highest BCUT2D eigenvalue weighted by atomic mass is 32.2. The van der Waals surface area contributed by atoms with Crippen LogP contribution in [0.4, 0.5) is 11.6 Å². The van der Waals surface area contributed by atoms with E-state index in [0.717, 1.165) is 5.75 Å². The average Bonchev–Trinajstić information content (AvgIpc) is 2.76. The van der Waals surface area contributed by atoms with Crippen LogP contribution in [0.3, 0.4) is 0 Å². The highest BCUT2D eigenvalue weighted by Gasteiger charge is 2.22. The van der Waals surface area contributed by atoms with Crippen molar-refractivity contribution in [3.63, 3.8) is 0 Å². The predicted molar refractivity (Wildman–Crippen MR) is 66.6 cm³/mol. The molecule has 1 N–H and O–H groups in total. The zero-order chi connectivity index (χ0) is 11.5. The Balaban J connectivity index is 2.32. The van der Waals surface area contributed by atoms with Gasteiger partial charge in [-0.3, -0.25) is 0 Å². The van der Waals surface area contributed by atoms with Gasteiger partial charge in [-0.25, -0.2) is 0 Å². The van der Waals surface area contributed by atoms with Crippen molar-refractivity contribution < 1.29 is 4.92 Å². The van der Waals surface area contributed by atoms with E-state index in [0.29, 0.717) is 17.3 Å². The van der Waals surface area contributed by atoms with Crippen molar-refractivity contribution in [2.24, 2.45) is 0 Å². The molecular formula is C8H10N4O2S2. The van der Waals surface area contributed by atoms with Gasteiger partial charge in [-0.2, -0.15) is 21.1 Å². The maximum atomic E-state index is 10.9. The van der Waals surface area contributed by atoms with Gasteiger partial charge in [-0.05, 0) is 11.2 Å². The van der Waals surface area contributed by atoms with Gasteiger partial charge in [0.05, 0.1) is 0 Å². The summed E-state index contributed by atoms with van der Waals surface area (Å²) in [6, 6.07) is 0. The number of nitrogens with one attached hydrogen (secondary N) is 1. The van der Waals surface area contributed by atoms with Crippen LogP contribution in [0.2, 0.25) is 0 Å². The van der Waals surface area contributed by atoms with Gasteiger partial charge in [-0.1, -0.05) is 11.3 Å². The Kier molecular flexibility index (Phi) is 3.30. The van der Waals surface area contributed by atoms with Crippen LogP contribution in [-0.4, -0.2) is 32.9 Å². The molecule has 0 saturated heterocycles. The van der Waals surface area contributed by atoms with Crippen LogP contribution >= 0.6 is 23.1 Å². The number of thioether (sulfide) groups is 1. The van der Waals surface area contributed by atoms with Gasteiger partial charge in [0.15, 0.2) is 0 Å². The fraction of sp³-hybridized carbons (Fsp3) is 0.375. The van der Waals surface area contributed by atoms with Crippen molar-refractivity contribution >= 4 is 39.7 Å². The maximum absolute atomic E-state index is 10.9. The van der Waals surface area contributed by atoms with Gasteiger partial charge >= 0.3 is 5.82 Å². The molecule has 0 atom stereocenters. The van der Waals surface area contributed by atoms with E-state index in [4.69, 9.17) is 0 Å². The van der Waals surface area contributed by atoms with Crippen LogP contribution in [0.5, 0.6) is 0 Å². The van der Waals surface area contributed by atoms with Crippen molar-refractivity contribution in [3.8, 4) is 0 Å². The largest absolute Gasteiger partial charge is 0.372 e. The fourth-order valence-electron chi connectivity index (χ4n) is 1.34. The Labute approximate surface area is 99.8 Å². The number of nitrogens with zero attached hydrogens (tertiary/aromatic N) is 3. The first kappa shape index (κ1) is 11.2. The summed E-state index contributed by atoms with van der Waals surface area (Å²) in [6.07, 6.45) is 3.65. The van der Waals surface area contributed by atoms with Gasteiger partial charge < -0.3 is 15.4 Å². The first-order valence-electron chi connectivity index (χ1n) is 4.57. The maximum Gasteiger partial charge on any atom is 0.372 e. The summed E-state index contributed by atoms with van der Waals surface area (Å²) in [5.41, 5.74) is 0. The van der Waals surface area contributed by atoms with E-state index in [-0.39, 0.29) is 5.82 Å². The Morgan fingerprint density at radius 3 is 3.25 bits per heavy atom. The highest BCUT2D eigenvalue weighted by Crippen LogP contribution is 2.27. The second kappa shape index (κ2) is 4.71. The van der Waals surface area contributed by atoms with Crippen LogP contribution < -0.4 is 5.32 Å². The SMILES string of the molecule is CSCCNc1nc2sccn2c1[N+](=O)[O-]. The summed E-state index contributed by atoms with van der Waals surface area (Å²) in [5.74, 6) is 1.26. The number of aromatic nitrogens is 2. The topological polar surface area (TPSA) is 72.5 Å². The number of anilines is 1. The summed E-state index contributed by atoms with van der Waals surface area (Å²) < 4.78 is 1.49.